The fourth-order valence-electron chi connectivity index (χ4n) is 6.97. The number of nitrogens with two attached hydrogens (primary N) is 2. The number of aromatic hydroxyl groups is 1. The number of carbonyl (C=O) groups excluding carboxylic acids is 3. The van der Waals surface area contributed by atoms with Crippen LogP contribution in [0.3, 0.4) is 0 Å². The fraction of sp³-hybridized carbons (Fsp3) is 0.536. The summed E-state index contributed by atoms with van der Waals surface area (Å²) in [5.74, 6) is -6.69. The Morgan fingerprint density at radius 1 is 1.23 bits per heavy atom. The standard InChI is InChI=1S/C28H35N3O8/c1-3-8-39-24-13(16-6-5-7-31(16)4-2)11-17(32)19-14(24)9-12-10-15-21(29)23(34)20(27(30)37)26(36)28(15,38)25(35)18(12)22(19)33/h11-12,15-16,21,32-33,36,38H,3-10,29H2,1-2H3,(H2,30,37)/t12-,15-,16-,21-,28-/m0/s1. The number of phenolic OH excluding ortho intramolecular Hbond substituents is 1. The van der Waals surface area contributed by atoms with Crippen LogP contribution < -0.4 is 16.2 Å². The maximum atomic E-state index is 13.8. The van der Waals surface area contributed by atoms with Gasteiger partial charge in [-0.05, 0) is 57.2 Å². The van der Waals surface area contributed by atoms with E-state index in [0.717, 1.165) is 37.9 Å². The van der Waals surface area contributed by atoms with Crippen molar-refractivity contribution in [2.24, 2.45) is 23.3 Å². The lowest BCUT2D eigenvalue weighted by Crippen LogP contribution is -2.65. The zero-order valence-corrected chi connectivity index (χ0v) is 22.1. The third-order valence-electron chi connectivity index (χ3n) is 8.81. The number of hydrogen-bond acceptors (Lipinski definition) is 10. The van der Waals surface area contributed by atoms with Gasteiger partial charge in [-0.3, -0.25) is 19.3 Å². The quantitative estimate of drug-likeness (QED) is 0.286. The second-order valence-electron chi connectivity index (χ2n) is 10.9. The van der Waals surface area contributed by atoms with E-state index in [1.165, 1.54) is 0 Å². The Kier molecular flexibility index (Phi) is 6.72. The van der Waals surface area contributed by atoms with Crippen molar-refractivity contribution >= 4 is 23.2 Å². The Hall–Kier alpha value is -3.41. The van der Waals surface area contributed by atoms with Gasteiger partial charge in [0, 0.05) is 28.7 Å². The number of carbonyl (C=O) groups is 3. The molecule has 0 bridgehead atoms. The summed E-state index contributed by atoms with van der Waals surface area (Å²) in [4.78, 5) is 40.8. The number of benzene rings is 1. The minimum Gasteiger partial charge on any atom is -0.508 e. The van der Waals surface area contributed by atoms with Crippen molar-refractivity contribution in [3.8, 4) is 11.5 Å². The van der Waals surface area contributed by atoms with E-state index in [1.807, 2.05) is 6.92 Å². The lowest BCUT2D eigenvalue weighted by Gasteiger charge is -2.48. The second-order valence-corrected chi connectivity index (χ2v) is 10.9. The molecule has 3 aliphatic carbocycles. The topological polar surface area (TPSA) is 197 Å². The van der Waals surface area contributed by atoms with E-state index in [4.69, 9.17) is 16.2 Å². The van der Waals surface area contributed by atoms with Crippen molar-refractivity contribution in [3.63, 3.8) is 0 Å². The highest BCUT2D eigenvalue weighted by Crippen LogP contribution is 2.54. The first-order valence-corrected chi connectivity index (χ1v) is 13.5. The number of aliphatic hydroxyl groups excluding tert-OH is 2. The molecule has 5 atom stereocenters. The molecular weight excluding hydrogens is 506 g/mol. The molecule has 1 aromatic carbocycles. The normalized spacial score (nSPS) is 30.8. The van der Waals surface area contributed by atoms with Crippen molar-refractivity contribution in [1.82, 2.24) is 4.90 Å². The van der Waals surface area contributed by atoms with Gasteiger partial charge in [0.05, 0.1) is 18.2 Å². The van der Waals surface area contributed by atoms with Gasteiger partial charge in [0.1, 0.15) is 28.6 Å². The van der Waals surface area contributed by atoms with Crippen molar-refractivity contribution in [2.45, 2.75) is 63.6 Å². The molecule has 1 aromatic rings. The summed E-state index contributed by atoms with van der Waals surface area (Å²) in [5.41, 5.74) is 8.89. The average Bonchev–Trinajstić information content (AvgIpc) is 3.37. The molecule has 0 unspecified atom stereocenters. The molecule has 39 heavy (non-hydrogen) atoms. The number of Topliss-reactive ketones (excluding diaryl/α,β-unsaturated/α-hetero) is 2. The molecule has 1 amide bonds. The number of primary amides is 1. The fourth-order valence-corrected chi connectivity index (χ4v) is 6.97. The lowest BCUT2D eigenvalue weighted by atomic mass is 9.58. The molecule has 0 spiro atoms. The number of ketones is 2. The van der Waals surface area contributed by atoms with E-state index in [1.54, 1.807) is 6.07 Å². The number of amides is 1. The number of hydrogen-bond donors (Lipinski definition) is 6. The maximum Gasteiger partial charge on any atom is 0.255 e. The molecule has 210 valence electrons. The molecule has 11 heteroatoms. The zero-order chi connectivity index (χ0) is 28.4. The van der Waals surface area contributed by atoms with Crippen LogP contribution in [0.2, 0.25) is 0 Å². The van der Waals surface area contributed by atoms with Crippen molar-refractivity contribution in [3.05, 3.63) is 39.7 Å². The molecule has 1 saturated carbocycles. The van der Waals surface area contributed by atoms with Gasteiger partial charge in [-0.1, -0.05) is 13.8 Å². The number of likely N-dealkylation sites (tertiary alicyclic amines) is 1. The molecular formula is C28H35N3O8. The first kappa shape index (κ1) is 27.2. The molecule has 5 rings (SSSR count). The van der Waals surface area contributed by atoms with Crippen LogP contribution >= 0.6 is 0 Å². The van der Waals surface area contributed by atoms with Crippen LogP contribution in [0.1, 0.15) is 62.3 Å². The van der Waals surface area contributed by atoms with Crippen LogP contribution in [0.5, 0.6) is 11.5 Å². The summed E-state index contributed by atoms with van der Waals surface area (Å²) in [6, 6.07) is 0.110. The largest absolute Gasteiger partial charge is 0.508 e. The predicted octanol–water partition coefficient (Wildman–Crippen LogP) is 1.31. The third kappa shape index (κ3) is 3.78. The number of nitrogens with zero attached hydrogens (tertiary/aromatic N) is 1. The molecule has 2 fully saturated rings. The Bertz CT molecular complexity index is 1330. The van der Waals surface area contributed by atoms with E-state index in [0.29, 0.717) is 17.9 Å². The number of rotatable bonds is 6. The zero-order valence-electron chi connectivity index (χ0n) is 22.1. The summed E-state index contributed by atoms with van der Waals surface area (Å²) in [5, 5.41) is 44.9. The summed E-state index contributed by atoms with van der Waals surface area (Å²) in [6.07, 6.45) is 2.72. The highest BCUT2D eigenvalue weighted by atomic mass is 16.5. The molecule has 0 radical (unpaired) electrons. The van der Waals surface area contributed by atoms with Crippen LogP contribution in [0, 0.1) is 11.8 Å². The summed E-state index contributed by atoms with van der Waals surface area (Å²) < 4.78 is 6.24. The average molecular weight is 542 g/mol. The molecule has 0 aromatic heterocycles. The summed E-state index contributed by atoms with van der Waals surface area (Å²) in [7, 11) is 0. The van der Waals surface area contributed by atoms with Crippen LogP contribution in [0.4, 0.5) is 0 Å². The lowest BCUT2D eigenvalue weighted by molar-refractivity contribution is -0.149. The first-order chi connectivity index (χ1) is 18.5. The first-order valence-electron chi connectivity index (χ1n) is 13.5. The SMILES string of the molecule is CCCOc1c([C@@H]2CCCN2CC)cc(O)c2c1C[C@H]1C[C@H]3[C@H](N)C(=O)C(C(N)=O)=C(O)[C@@]3(O)C(=O)C1=C2O. The summed E-state index contributed by atoms with van der Waals surface area (Å²) in [6.45, 7) is 6.17. The number of fused-ring (bicyclic) bond motifs is 3. The van der Waals surface area contributed by atoms with Crippen LogP contribution in [-0.4, -0.2) is 74.1 Å². The monoisotopic (exact) mass is 541 g/mol. The van der Waals surface area contributed by atoms with Gasteiger partial charge in [-0.2, -0.15) is 0 Å². The van der Waals surface area contributed by atoms with Gasteiger partial charge in [-0.25, -0.2) is 0 Å². The molecule has 11 nitrogen and oxygen atoms in total. The van der Waals surface area contributed by atoms with Gasteiger partial charge in [0.25, 0.3) is 5.91 Å². The highest BCUT2D eigenvalue weighted by Gasteiger charge is 2.63. The van der Waals surface area contributed by atoms with E-state index in [9.17, 15) is 34.8 Å². The minimum atomic E-state index is -2.72. The van der Waals surface area contributed by atoms with Crippen LogP contribution in [0.15, 0.2) is 23.0 Å². The van der Waals surface area contributed by atoms with Gasteiger partial charge in [-0.15, -0.1) is 0 Å². The van der Waals surface area contributed by atoms with E-state index in [2.05, 4.69) is 11.8 Å². The Balaban J connectivity index is 1.70. The van der Waals surface area contributed by atoms with Gasteiger partial charge < -0.3 is 36.6 Å². The highest BCUT2D eigenvalue weighted by molar-refractivity contribution is 6.24. The molecule has 1 saturated heterocycles. The minimum absolute atomic E-state index is 0.0161. The van der Waals surface area contributed by atoms with Crippen LogP contribution in [-0.2, 0) is 20.8 Å². The van der Waals surface area contributed by atoms with Gasteiger partial charge in [0.2, 0.25) is 5.78 Å². The number of aliphatic hydroxyl groups is 3. The van der Waals surface area contributed by atoms with Crippen molar-refractivity contribution in [2.75, 3.05) is 19.7 Å². The second kappa shape index (κ2) is 9.65. The molecule has 1 heterocycles. The Labute approximate surface area is 225 Å². The number of ether oxygens (including phenoxy) is 1. The van der Waals surface area contributed by atoms with Crippen molar-refractivity contribution in [1.29, 1.82) is 0 Å². The van der Waals surface area contributed by atoms with E-state index >= 15 is 0 Å². The molecule has 1 aliphatic heterocycles. The Morgan fingerprint density at radius 3 is 2.59 bits per heavy atom. The molecule has 8 N–H and O–H groups in total. The van der Waals surface area contributed by atoms with Gasteiger partial charge >= 0.3 is 0 Å². The smallest absolute Gasteiger partial charge is 0.255 e. The van der Waals surface area contributed by atoms with E-state index in [-0.39, 0.29) is 35.8 Å². The number of phenols is 1. The maximum absolute atomic E-state index is 13.8. The Morgan fingerprint density at radius 2 is 1.95 bits per heavy atom. The predicted molar refractivity (Wildman–Crippen MR) is 140 cm³/mol. The molecule has 4 aliphatic rings. The van der Waals surface area contributed by atoms with Gasteiger partial charge in [0.15, 0.2) is 11.4 Å². The third-order valence-corrected chi connectivity index (χ3v) is 8.81. The van der Waals surface area contributed by atoms with Crippen LogP contribution in [0.25, 0.3) is 5.76 Å². The summed E-state index contributed by atoms with van der Waals surface area (Å²) >= 11 is 0. The van der Waals surface area contributed by atoms with E-state index < -0.39 is 58.0 Å². The van der Waals surface area contributed by atoms with Crippen molar-refractivity contribution < 1.29 is 39.5 Å².